The second-order valence-electron chi connectivity index (χ2n) is 16.0. The molecule has 47 heavy (non-hydrogen) atoms. The zero-order valence-electron chi connectivity index (χ0n) is 28.8. The van der Waals surface area contributed by atoms with Crippen LogP contribution in [0.2, 0.25) is 48.8 Å². The minimum Gasteiger partial charge on any atom is -0.468 e. The average molecular weight is 769 g/mol. The Kier molecular flexibility index (Phi) is 9.98. The van der Waals surface area contributed by atoms with Gasteiger partial charge >= 0.3 is 0 Å². The van der Waals surface area contributed by atoms with Crippen LogP contribution in [-0.2, 0) is 26.9 Å². The number of unbranched alkanes of at least 4 members (excludes halogenated alkanes) is 1. The topological polar surface area (TPSA) is 76.9 Å². The number of aromatic nitrogens is 3. The highest BCUT2D eigenvalue weighted by atomic mass is 79.9. The molecule has 1 aliphatic carbocycles. The summed E-state index contributed by atoms with van der Waals surface area (Å²) in [7, 11) is -3.20. The monoisotopic (exact) mass is 767 g/mol. The Bertz CT molecular complexity index is 1630. The molecule has 6 rings (SSSR count). The molecular formula is C34H48BrClFN3O5Si2. The van der Waals surface area contributed by atoms with Gasteiger partial charge in [0.05, 0.1) is 19.3 Å². The van der Waals surface area contributed by atoms with E-state index >= 15 is 4.39 Å². The van der Waals surface area contributed by atoms with Crippen LogP contribution >= 0.6 is 27.5 Å². The summed E-state index contributed by atoms with van der Waals surface area (Å²) in [5.41, 5.74) is 2.75. The molecule has 8 nitrogen and oxygen atoms in total. The van der Waals surface area contributed by atoms with E-state index in [1.54, 1.807) is 6.07 Å². The van der Waals surface area contributed by atoms with Crippen molar-refractivity contribution in [2.45, 2.75) is 127 Å². The molecule has 2 fully saturated rings. The number of hydrogen-bond acceptors (Lipinski definition) is 7. The molecule has 3 aliphatic rings. The minimum absolute atomic E-state index is 0.0865. The summed E-state index contributed by atoms with van der Waals surface area (Å²) in [5.74, 6) is -0.0245. The predicted molar refractivity (Wildman–Crippen MR) is 192 cm³/mol. The normalized spacial score (nSPS) is 24.6. The second-order valence-corrected chi connectivity index (χ2v) is 27.7. The molecule has 2 aliphatic heterocycles. The van der Waals surface area contributed by atoms with Crippen LogP contribution in [-0.4, -0.2) is 68.6 Å². The molecular weight excluding hydrogens is 721 g/mol. The fraction of sp³-hybridized carbons (Fsp3) is 0.647. The van der Waals surface area contributed by atoms with Crippen molar-refractivity contribution in [3.63, 3.8) is 0 Å². The molecule has 3 aromatic rings. The lowest BCUT2D eigenvalue weighted by Gasteiger charge is -2.39. The largest absolute Gasteiger partial charge is 0.468 e. The number of nitrogens with zero attached hydrogens (tertiary/aromatic N) is 3. The smallest absolute Gasteiger partial charge is 0.299 e. The molecule has 5 atom stereocenters. The van der Waals surface area contributed by atoms with E-state index in [4.69, 9.17) is 44.9 Å². The first kappa shape index (κ1) is 35.3. The third-order valence-corrected chi connectivity index (χ3v) is 17.2. The van der Waals surface area contributed by atoms with Gasteiger partial charge < -0.3 is 23.4 Å². The Labute approximate surface area is 293 Å². The van der Waals surface area contributed by atoms with Gasteiger partial charge in [0.1, 0.15) is 34.7 Å². The van der Waals surface area contributed by atoms with E-state index in [-0.39, 0.29) is 41.2 Å². The SMILES string of the molecule is CC(C)(C)[Si](C)(C)O[C@@H]1CO[C@H]2[C@@H]1OC[C@H]2Oc1nc2cc(Cl)c(OC3CCc4cc(Br)cc(F)c43)nc2n1CCCC[Si](C)(C)C. The van der Waals surface area contributed by atoms with Crippen molar-refractivity contribution in [3.05, 3.63) is 44.6 Å². The molecule has 1 unspecified atom stereocenters. The van der Waals surface area contributed by atoms with E-state index in [0.717, 1.165) is 29.3 Å². The van der Waals surface area contributed by atoms with Gasteiger partial charge in [-0.2, -0.15) is 9.97 Å². The highest BCUT2D eigenvalue weighted by molar-refractivity contribution is 9.10. The average Bonchev–Trinajstić information content (AvgIpc) is 3.71. The van der Waals surface area contributed by atoms with Gasteiger partial charge in [0.2, 0.25) is 5.88 Å². The van der Waals surface area contributed by atoms with Crippen molar-refractivity contribution >= 4 is 55.1 Å². The number of hydrogen-bond donors (Lipinski definition) is 0. The van der Waals surface area contributed by atoms with Crippen LogP contribution in [0.15, 0.2) is 22.7 Å². The molecule has 0 amide bonds. The number of pyridine rings is 1. The van der Waals surface area contributed by atoms with Gasteiger partial charge in [-0.3, -0.25) is 4.57 Å². The maximum atomic E-state index is 15.0. The van der Waals surface area contributed by atoms with Gasteiger partial charge in [0, 0.05) is 24.7 Å². The summed E-state index contributed by atoms with van der Waals surface area (Å²) in [6.45, 7) is 20.0. The summed E-state index contributed by atoms with van der Waals surface area (Å²) in [4.78, 5) is 9.76. The maximum absolute atomic E-state index is 15.0. The highest BCUT2D eigenvalue weighted by Gasteiger charge is 2.52. The fourth-order valence-corrected chi connectivity index (χ4v) is 9.79. The highest BCUT2D eigenvalue weighted by Crippen LogP contribution is 2.42. The molecule has 258 valence electrons. The van der Waals surface area contributed by atoms with Crippen molar-refractivity contribution in [3.8, 4) is 11.9 Å². The Hall–Kier alpha value is -1.55. The molecule has 0 saturated carbocycles. The number of rotatable bonds is 11. The Morgan fingerprint density at radius 3 is 2.40 bits per heavy atom. The predicted octanol–water partition coefficient (Wildman–Crippen LogP) is 9.11. The first-order valence-electron chi connectivity index (χ1n) is 16.8. The minimum atomic E-state index is -2.01. The van der Waals surface area contributed by atoms with Gasteiger partial charge in [-0.25, -0.2) is 4.39 Å². The molecule has 0 spiro atoms. The van der Waals surface area contributed by atoms with Crippen LogP contribution in [0.5, 0.6) is 11.9 Å². The van der Waals surface area contributed by atoms with Crippen molar-refractivity contribution in [1.29, 1.82) is 0 Å². The summed E-state index contributed by atoms with van der Waals surface area (Å²) in [6, 6.07) is 6.89. The van der Waals surface area contributed by atoms with Gasteiger partial charge in [-0.1, -0.05) is 80.4 Å². The fourth-order valence-electron chi connectivity index (χ4n) is 6.50. The van der Waals surface area contributed by atoms with Crippen LogP contribution in [0, 0.1) is 5.82 Å². The molecule has 0 N–H and O–H groups in total. The van der Waals surface area contributed by atoms with E-state index in [9.17, 15) is 0 Å². The lowest BCUT2D eigenvalue weighted by atomic mass is 10.1. The van der Waals surface area contributed by atoms with E-state index in [1.807, 2.05) is 10.6 Å². The zero-order valence-corrected chi connectivity index (χ0v) is 33.1. The maximum Gasteiger partial charge on any atom is 0.299 e. The number of imidazole rings is 1. The third kappa shape index (κ3) is 7.49. The van der Waals surface area contributed by atoms with Crippen LogP contribution in [0.4, 0.5) is 4.39 Å². The Morgan fingerprint density at radius 1 is 1.00 bits per heavy atom. The van der Waals surface area contributed by atoms with Crippen molar-refractivity contribution < 1.29 is 27.8 Å². The first-order chi connectivity index (χ1) is 22.0. The number of aryl methyl sites for hydroxylation is 2. The quantitative estimate of drug-likeness (QED) is 0.142. The molecule has 0 bridgehead atoms. The number of ether oxygens (including phenoxy) is 4. The lowest BCUT2D eigenvalue weighted by molar-refractivity contribution is 0.0104. The lowest BCUT2D eigenvalue weighted by Crippen LogP contribution is -2.47. The van der Waals surface area contributed by atoms with Crippen LogP contribution in [0.25, 0.3) is 11.2 Å². The van der Waals surface area contributed by atoms with Crippen LogP contribution in [0.3, 0.4) is 0 Å². The standard InChI is InChI=1S/C34H48BrClFN3O5Si2/c1-34(2,3)47(7,8)45-27-19-42-29-26(18-41-30(27)29)44-33-38-24-17-22(36)32(39-31(24)40(33)13-9-10-14-46(4,5)6)43-25-12-11-20-15-21(35)16-23(37)28(20)25/h15-17,25-27,29-30H,9-14,18-19H2,1-8H3/t25?,26-,27-,29-,30-/m1/s1. The number of fused-ring (bicyclic) bond motifs is 3. The molecule has 2 aromatic heterocycles. The Morgan fingerprint density at radius 2 is 1.70 bits per heavy atom. The van der Waals surface area contributed by atoms with Crippen molar-refractivity contribution in [2.24, 2.45) is 0 Å². The van der Waals surface area contributed by atoms with E-state index < -0.39 is 22.5 Å². The van der Waals surface area contributed by atoms with E-state index in [0.29, 0.717) is 53.9 Å². The van der Waals surface area contributed by atoms with Gasteiger partial charge in [-0.05, 0) is 61.2 Å². The zero-order chi connectivity index (χ0) is 33.9. The number of halogens is 3. The molecule has 4 heterocycles. The summed E-state index contributed by atoms with van der Waals surface area (Å²) >= 11 is 10.1. The second kappa shape index (κ2) is 13.3. The van der Waals surface area contributed by atoms with Crippen molar-refractivity contribution in [1.82, 2.24) is 14.5 Å². The number of benzene rings is 1. The van der Waals surface area contributed by atoms with Crippen LogP contribution < -0.4 is 9.47 Å². The molecule has 1 aromatic carbocycles. The van der Waals surface area contributed by atoms with E-state index in [2.05, 4.69) is 69.4 Å². The van der Waals surface area contributed by atoms with Gasteiger partial charge in [-0.15, -0.1) is 0 Å². The first-order valence-corrected chi connectivity index (χ1v) is 24.6. The summed E-state index contributed by atoms with van der Waals surface area (Å²) in [6.07, 6.45) is 2.05. The van der Waals surface area contributed by atoms with E-state index in [1.165, 1.54) is 12.1 Å². The molecule has 2 saturated heterocycles. The summed E-state index contributed by atoms with van der Waals surface area (Å²) in [5, 5.41) is 0.413. The van der Waals surface area contributed by atoms with Crippen molar-refractivity contribution in [2.75, 3.05) is 13.2 Å². The summed E-state index contributed by atoms with van der Waals surface area (Å²) < 4.78 is 50.0. The molecule has 13 heteroatoms. The molecule has 0 radical (unpaired) electrons. The van der Waals surface area contributed by atoms with Crippen LogP contribution in [0.1, 0.15) is 57.3 Å². The van der Waals surface area contributed by atoms with Gasteiger partial charge in [0.25, 0.3) is 6.01 Å². The van der Waals surface area contributed by atoms with Gasteiger partial charge in [0.15, 0.2) is 20.1 Å². The Balaban J connectivity index is 1.25. The third-order valence-electron chi connectivity index (χ3n) is 10.1.